The van der Waals surface area contributed by atoms with Crippen LogP contribution in [0.1, 0.15) is 11.1 Å². The van der Waals surface area contributed by atoms with E-state index < -0.39 is 0 Å². The molecule has 1 aromatic rings. The second-order valence-corrected chi connectivity index (χ2v) is 2.60. The lowest BCUT2D eigenvalue weighted by Gasteiger charge is -1.97. The fraction of sp³-hybridized carbons (Fsp3) is 0.333. The van der Waals surface area contributed by atoms with Crippen LogP contribution in [0.15, 0.2) is 12.1 Å². The first-order valence-corrected chi connectivity index (χ1v) is 3.50. The molecule has 0 saturated carbocycles. The molecule has 1 heterocycles. The maximum Gasteiger partial charge on any atom is 0.123 e. The average molecular weight is 133 g/mol. The topological polar surface area (TPSA) is 9.23 Å². The average Bonchev–Trinajstić information content (AvgIpc) is 2.33. The molecule has 0 aromatic heterocycles. The van der Waals surface area contributed by atoms with Gasteiger partial charge in [0.05, 0.1) is 6.61 Å². The van der Waals surface area contributed by atoms with Crippen molar-refractivity contribution < 1.29 is 4.74 Å². The Morgan fingerprint density at radius 3 is 3.40 bits per heavy atom. The maximum atomic E-state index is 5.32. The molecule has 1 aromatic carbocycles. The van der Waals surface area contributed by atoms with Crippen molar-refractivity contribution in [2.45, 2.75) is 13.3 Å². The van der Waals surface area contributed by atoms with Gasteiger partial charge in [-0.05, 0) is 30.2 Å². The third-order valence-corrected chi connectivity index (χ3v) is 1.77. The molecule has 0 amide bonds. The summed E-state index contributed by atoms with van der Waals surface area (Å²) in [7, 11) is 0. The van der Waals surface area contributed by atoms with Crippen LogP contribution in [0.5, 0.6) is 5.75 Å². The molecule has 0 spiro atoms. The van der Waals surface area contributed by atoms with Crippen LogP contribution in [0.3, 0.4) is 0 Å². The van der Waals surface area contributed by atoms with Crippen LogP contribution in [0.25, 0.3) is 0 Å². The van der Waals surface area contributed by atoms with Crippen molar-refractivity contribution in [1.29, 1.82) is 0 Å². The SMILES string of the molecule is Cc1[c]cc2c(c1)CCO2. The summed E-state index contributed by atoms with van der Waals surface area (Å²) in [6.45, 7) is 2.89. The molecular formula is C9H9O. The van der Waals surface area contributed by atoms with Crippen LogP contribution in [0, 0.1) is 13.0 Å². The Balaban J connectivity index is 2.52. The van der Waals surface area contributed by atoms with Crippen molar-refractivity contribution in [1.82, 2.24) is 0 Å². The normalized spacial score (nSPS) is 14.5. The highest BCUT2D eigenvalue weighted by Crippen LogP contribution is 2.24. The summed E-state index contributed by atoms with van der Waals surface area (Å²) in [6, 6.07) is 7.18. The molecule has 0 unspecified atom stereocenters. The molecule has 0 aliphatic carbocycles. The molecule has 1 heteroatoms. The van der Waals surface area contributed by atoms with Crippen molar-refractivity contribution in [3.8, 4) is 5.75 Å². The van der Waals surface area contributed by atoms with Gasteiger partial charge in [-0.1, -0.05) is 6.07 Å². The first kappa shape index (κ1) is 5.78. The summed E-state index contributed by atoms with van der Waals surface area (Å²) < 4.78 is 5.32. The largest absolute Gasteiger partial charge is 0.493 e. The van der Waals surface area contributed by atoms with Crippen LogP contribution < -0.4 is 4.74 Å². The molecule has 0 bridgehead atoms. The lowest BCUT2D eigenvalue weighted by molar-refractivity contribution is 0.356. The Kier molecular flexibility index (Phi) is 1.16. The Hall–Kier alpha value is -0.980. The van der Waals surface area contributed by atoms with Gasteiger partial charge in [0.15, 0.2) is 0 Å². The van der Waals surface area contributed by atoms with E-state index in [1.807, 2.05) is 6.07 Å². The van der Waals surface area contributed by atoms with Crippen LogP contribution in [-0.4, -0.2) is 6.61 Å². The van der Waals surface area contributed by atoms with Gasteiger partial charge < -0.3 is 4.74 Å². The predicted octanol–water partition coefficient (Wildman–Crippen LogP) is 1.73. The second kappa shape index (κ2) is 2.01. The molecule has 0 atom stereocenters. The highest BCUT2D eigenvalue weighted by molar-refractivity contribution is 5.38. The van der Waals surface area contributed by atoms with Gasteiger partial charge in [-0.25, -0.2) is 0 Å². The van der Waals surface area contributed by atoms with E-state index in [1.165, 1.54) is 11.1 Å². The van der Waals surface area contributed by atoms with Gasteiger partial charge in [-0.15, -0.1) is 0 Å². The van der Waals surface area contributed by atoms with E-state index in [9.17, 15) is 0 Å². The zero-order valence-corrected chi connectivity index (χ0v) is 5.98. The van der Waals surface area contributed by atoms with E-state index >= 15 is 0 Å². The summed E-state index contributed by atoms with van der Waals surface area (Å²) in [5.41, 5.74) is 2.53. The van der Waals surface area contributed by atoms with Crippen molar-refractivity contribution in [2.75, 3.05) is 6.61 Å². The monoisotopic (exact) mass is 133 g/mol. The van der Waals surface area contributed by atoms with Gasteiger partial charge in [-0.2, -0.15) is 0 Å². The zero-order valence-electron chi connectivity index (χ0n) is 5.98. The first-order chi connectivity index (χ1) is 4.86. The number of hydrogen-bond acceptors (Lipinski definition) is 1. The number of ether oxygens (including phenoxy) is 1. The standard InChI is InChI=1S/C9H9O/c1-7-2-3-9-8(6-7)4-5-10-9/h3,6H,4-5H2,1H3. The van der Waals surface area contributed by atoms with Gasteiger partial charge in [0.25, 0.3) is 0 Å². The van der Waals surface area contributed by atoms with Crippen LogP contribution >= 0.6 is 0 Å². The van der Waals surface area contributed by atoms with Gasteiger partial charge in [0, 0.05) is 6.42 Å². The van der Waals surface area contributed by atoms with Crippen molar-refractivity contribution >= 4 is 0 Å². The lowest BCUT2D eigenvalue weighted by atomic mass is 10.1. The third-order valence-electron chi connectivity index (χ3n) is 1.77. The smallest absolute Gasteiger partial charge is 0.123 e. The Morgan fingerprint density at radius 1 is 1.60 bits per heavy atom. The van der Waals surface area contributed by atoms with E-state index in [0.717, 1.165) is 18.8 Å². The highest BCUT2D eigenvalue weighted by atomic mass is 16.5. The van der Waals surface area contributed by atoms with E-state index in [-0.39, 0.29) is 0 Å². The summed E-state index contributed by atoms with van der Waals surface area (Å²) in [6.07, 6.45) is 1.06. The second-order valence-electron chi connectivity index (χ2n) is 2.60. The number of fused-ring (bicyclic) bond motifs is 1. The van der Waals surface area contributed by atoms with Crippen LogP contribution in [0.2, 0.25) is 0 Å². The maximum absolute atomic E-state index is 5.32. The Morgan fingerprint density at radius 2 is 2.50 bits per heavy atom. The molecule has 10 heavy (non-hydrogen) atoms. The highest BCUT2D eigenvalue weighted by Gasteiger charge is 2.10. The Bertz CT molecular complexity index is 253. The summed E-state index contributed by atoms with van der Waals surface area (Å²) in [5, 5.41) is 0. The zero-order chi connectivity index (χ0) is 6.97. The number of hydrogen-bond donors (Lipinski definition) is 0. The molecule has 2 rings (SSSR count). The third kappa shape index (κ3) is 0.783. The van der Waals surface area contributed by atoms with E-state index in [2.05, 4.69) is 19.1 Å². The van der Waals surface area contributed by atoms with Crippen molar-refractivity contribution in [3.63, 3.8) is 0 Å². The molecule has 0 fully saturated rings. The minimum absolute atomic E-state index is 0.840. The molecule has 1 radical (unpaired) electrons. The van der Waals surface area contributed by atoms with E-state index in [1.54, 1.807) is 0 Å². The fourth-order valence-corrected chi connectivity index (χ4v) is 1.25. The van der Waals surface area contributed by atoms with Gasteiger partial charge in [0.1, 0.15) is 5.75 Å². The number of rotatable bonds is 0. The van der Waals surface area contributed by atoms with E-state index in [4.69, 9.17) is 4.74 Å². The van der Waals surface area contributed by atoms with Crippen molar-refractivity contribution in [3.05, 3.63) is 29.3 Å². The minimum Gasteiger partial charge on any atom is -0.493 e. The van der Waals surface area contributed by atoms with Gasteiger partial charge in [0.2, 0.25) is 0 Å². The van der Waals surface area contributed by atoms with Crippen LogP contribution in [0.4, 0.5) is 0 Å². The van der Waals surface area contributed by atoms with Crippen LogP contribution in [-0.2, 0) is 6.42 Å². The minimum atomic E-state index is 0.840. The quantitative estimate of drug-likeness (QED) is 0.523. The summed E-state index contributed by atoms with van der Waals surface area (Å²) in [5.74, 6) is 1.02. The summed E-state index contributed by atoms with van der Waals surface area (Å²) in [4.78, 5) is 0. The molecule has 1 aliphatic heterocycles. The number of aryl methyl sites for hydroxylation is 1. The predicted molar refractivity (Wildman–Crippen MR) is 39.2 cm³/mol. The van der Waals surface area contributed by atoms with Gasteiger partial charge in [-0.3, -0.25) is 0 Å². The molecule has 0 N–H and O–H groups in total. The summed E-state index contributed by atoms with van der Waals surface area (Å²) >= 11 is 0. The molecule has 0 saturated heterocycles. The number of benzene rings is 1. The molecule has 1 aliphatic rings. The fourth-order valence-electron chi connectivity index (χ4n) is 1.25. The first-order valence-electron chi connectivity index (χ1n) is 3.50. The van der Waals surface area contributed by atoms with Crippen molar-refractivity contribution in [2.24, 2.45) is 0 Å². The molecular weight excluding hydrogens is 124 g/mol. The molecule has 51 valence electrons. The van der Waals surface area contributed by atoms with E-state index in [0.29, 0.717) is 0 Å². The molecule has 1 nitrogen and oxygen atoms in total. The Labute approximate surface area is 60.6 Å². The lowest BCUT2D eigenvalue weighted by Crippen LogP contribution is -1.85. The van der Waals surface area contributed by atoms with Gasteiger partial charge >= 0.3 is 0 Å².